The summed E-state index contributed by atoms with van der Waals surface area (Å²) in [5.74, 6) is 1.27. The molecule has 0 unspecified atom stereocenters. The molecular formula is C16H18N2O3S. The fourth-order valence-corrected chi connectivity index (χ4v) is 2.69. The van der Waals surface area contributed by atoms with Crippen molar-refractivity contribution >= 4 is 17.2 Å². The summed E-state index contributed by atoms with van der Waals surface area (Å²) in [6, 6.07) is 6.10. The average Bonchev–Trinajstić information content (AvgIpc) is 3.20. The van der Waals surface area contributed by atoms with E-state index >= 15 is 0 Å². The summed E-state index contributed by atoms with van der Waals surface area (Å²) < 4.78 is 11.0. The molecule has 1 aliphatic rings. The summed E-state index contributed by atoms with van der Waals surface area (Å²) in [7, 11) is 1.62. The van der Waals surface area contributed by atoms with Crippen molar-refractivity contribution in [3.05, 3.63) is 39.8 Å². The van der Waals surface area contributed by atoms with Crippen LogP contribution in [0.3, 0.4) is 0 Å². The number of aryl methyl sites for hydroxylation is 1. The molecule has 1 saturated carbocycles. The van der Waals surface area contributed by atoms with Gasteiger partial charge in [-0.2, -0.15) is 0 Å². The number of benzene rings is 1. The van der Waals surface area contributed by atoms with Gasteiger partial charge in [-0.1, -0.05) is 6.07 Å². The first kappa shape index (κ1) is 14.8. The van der Waals surface area contributed by atoms with Crippen LogP contribution in [0.2, 0.25) is 0 Å². The standard InChI is InChI=1S/C16H18N2O3S/c1-10-3-6-13(14(7-10)20-2)21-8-15-18-12(9-22-15)16(19)17-11-4-5-11/h3,6-7,9,11H,4-5,8H2,1-2H3,(H,17,19). The van der Waals surface area contributed by atoms with Crippen molar-refractivity contribution in [2.75, 3.05) is 7.11 Å². The number of aromatic nitrogens is 1. The molecular weight excluding hydrogens is 300 g/mol. The Morgan fingerprint density at radius 1 is 1.41 bits per heavy atom. The molecule has 0 bridgehead atoms. The highest BCUT2D eigenvalue weighted by atomic mass is 32.1. The third-order valence-electron chi connectivity index (χ3n) is 3.37. The SMILES string of the molecule is COc1cc(C)ccc1OCc1nc(C(=O)NC2CC2)cs1. The van der Waals surface area contributed by atoms with Crippen molar-refractivity contribution in [3.8, 4) is 11.5 Å². The normalized spacial score (nSPS) is 13.7. The minimum absolute atomic E-state index is 0.0992. The number of methoxy groups -OCH3 is 1. The van der Waals surface area contributed by atoms with Crippen molar-refractivity contribution in [3.63, 3.8) is 0 Å². The van der Waals surface area contributed by atoms with Gasteiger partial charge in [0.15, 0.2) is 11.5 Å². The third-order valence-corrected chi connectivity index (χ3v) is 4.19. The van der Waals surface area contributed by atoms with E-state index in [-0.39, 0.29) is 5.91 Å². The van der Waals surface area contributed by atoms with Gasteiger partial charge < -0.3 is 14.8 Å². The number of nitrogens with zero attached hydrogens (tertiary/aromatic N) is 1. The molecule has 116 valence electrons. The van der Waals surface area contributed by atoms with Crippen LogP contribution in [0.25, 0.3) is 0 Å². The van der Waals surface area contributed by atoms with Gasteiger partial charge in [-0.05, 0) is 37.5 Å². The highest BCUT2D eigenvalue weighted by molar-refractivity contribution is 7.09. The maximum atomic E-state index is 11.9. The molecule has 1 amide bonds. The van der Waals surface area contributed by atoms with E-state index in [1.165, 1.54) is 11.3 Å². The molecule has 3 rings (SSSR count). The van der Waals surface area contributed by atoms with Crippen LogP contribution >= 0.6 is 11.3 Å². The van der Waals surface area contributed by atoms with Gasteiger partial charge in [0.25, 0.3) is 5.91 Å². The van der Waals surface area contributed by atoms with Crippen molar-refractivity contribution in [2.45, 2.75) is 32.4 Å². The fourth-order valence-electron chi connectivity index (χ4n) is 2.00. The van der Waals surface area contributed by atoms with Gasteiger partial charge in [0.1, 0.15) is 17.3 Å². The molecule has 0 atom stereocenters. The van der Waals surface area contributed by atoms with Gasteiger partial charge in [0.05, 0.1) is 7.11 Å². The molecule has 1 aliphatic carbocycles. The lowest BCUT2D eigenvalue weighted by Gasteiger charge is -2.10. The average molecular weight is 318 g/mol. The number of hydrogen-bond donors (Lipinski definition) is 1. The van der Waals surface area contributed by atoms with Crippen LogP contribution in [0, 0.1) is 6.92 Å². The molecule has 1 aromatic carbocycles. The first-order chi connectivity index (χ1) is 10.7. The second-order valence-electron chi connectivity index (χ2n) is 5.32. The number of hydrogen-bond acceptors (Lipinski definition) is 5. The van der Waals surface area contributed by atoms with Crippen LogP contribution in [0.15, 0.2) is 23.6 Å². The summed E-state index contributed by atoms with van der Waals surface area (Å²) >= 11 is 1.42. The van der Waals surface area contributed by atoms with Crippen LogP contribution in [0.5, 0.6) is 11.5 Å². The van der Waals surface area contributed by atoms with Gasteiger partial charge in [0, 0.05) is 11.4 Å². The zero-order valence-corrected chi connectivity index (χ0v) is 13.4. The summed E-state index contributed by atoms with van der Waals surface area (Å²) in [6.45, 7) is 2.32. The molecule has 1 aromatic heterocycles. The zero-order chi connectivity index (χ0) is 15.5. The summed E-state index contributed by atoms with van der Waals surface area (Å²) in [4.78, 5) is 16.2. The first-order valence-corrected chi connectivity index (χ1v) is 8.06. The van der Waals surface area contributed by atoms with Crippen molar-refractivity contribution in [2.24, 2.45) is 0 Å². The highest BCUT2D eigenvalue weighted by Gasteiger charge is 2.24. The molecule has 0 radical (unpaired) electrons. The molecule has 1 fully saturated rings. The number of amides is 1. The van der Waals surface area contributed by atoms with Gasteiger partial charge in [0.2, 0.25) is 0 Å². The molecule has 1 heterocycles. The van der Waals surface area contributed by atoms with Crippen molar-refractivity contribution in [1.29, 1.82) is 0 Å². The minimum atomic E-state index is -0.0992. The Labute approximate surface area is 133 Å². The van der Waals surface area contributed by atoms with E-state index in [9.17, 15) is 4.79 Å². The van der Waals surface area contributed by atoms with Crippen LogP contribution in [0.1, 0.15) is 33.9 Å². The lowest BCUT2D eigenvalue weighted by atomic mass is 10.2. The molecule has 0 aliphatic heterocycles. The third kappa shape index (κ3) is 3.57. The number of rotatable bonds is 6. The van der Waals surface area contributed by atoms with Crippen molar-refractivity contribution in [1.82, 2.24) is 10.3 Å². The van der Waals surface area contributed by atoms with E-state index in [1.807, 2.05) is 25.1 Å². The van der Waals surface area contributed by atoms with E-state index in [4.69, 9.17) is 9.47 Å². The van der Waals surface area contributed by atoms with Crippen LogP contribution in [-0.2, 0) is 6.61 Å². The van der Waals surface area contributed by atoms with E-state index < -0.39 is 0 Å². The highest BCUT2D eigenvalue weighted by Crippen LogP contribution is 2.28. The summed E-state index contributed by atoms with van der Waals surface area (Å²) in [6.07, 6.45) is 2.14. The predicted octanol–water partition coefficient (Wildman–Crippen LogP) is 2.93. The van der Waals surface area contributed by atoms with Gasteiger partial charge in [-0.3, -0.25) is 4.79 Å². The Morgan fingerprint density at radius 3 is 2.95 bits per heavy atom. The summed E-state index contributed by atoms with van der Waals surface area (Å²) in [5, 5.41) is 5.46. The quantitative estimate of drug-likeness (QED) is 0.889. The molecule has 6 heteroatoms. The molecule has 0 spiro atoms. The van der Waals surface area contributed by atoms with Gasteiger partial charge in [-0.25, -0.2) is 4.98 Å². The Balaban J connectivity index is 1.62. The predicted molar refractivity (Wildman–Crippen MR) is 84.7 cm³/mol. The summed E-state index contributed by atoms with van der Waals surface area (Å²) in [5.41, 5.74) is 1.57. The lowest BCUT2D eigenvalue weighted by molar-refractivity contribution is 0.0946. The number of carbonyl (C=O) groups excluding carboxylic acids is 1. The van der Waals surface area contributed by atoms with E-state index in [1.54, 1.807) is 12.5 Å². The fraction of sp³-hybridized carbons (Fsp3) is 0.375. The Kier molecular flexibility index (Phi) is 4.29. The number of carbonyl (C=O) groups is 1. The number of nitrogens with one attached hydrogen (secondary N) is 1. The van der Waals surface area contributed by atoms with Crippen molar-refractivity contribution < 1.29 is 14.3 Å². The largest absolute Gasteiger partial charge is 0.493 e. The topological polar surface area (TPSA) is 60.5 Å². The second-order valence-corrected chi connectivity index (χ2v) is 6.26. The van der Waals surface area contributed by atoms with Gasteiger partial charge in [-0.15, -0.1) is 11.3 Å². The second kappa shape index (κ2) is 6.36. The molecule has 2 aromatic rings. The first-order valence-electron chi connectivity index (χ1n) is 7.18. The van der Waals surface area contributed by atoms with Gasteiger partial charge >= 0.3 is 0 Å². The van der Waals surface area contributed by atoms with Crippen LogP contribution < -0.4 is 14.8 Å². The lowest BCUT2D eigenvalue weighted by Crippen LogP contribution is -2.25. The van der Waals surface area contributed by atoms with E-state index in [0.29, 0.717) is 29.8 Å². The van der Waals surface area contributed by atoms with E-state index in [0.717, 1.165) is 23.4 Å². The maximum absolute atomic E-state index is 11.9. The Bertz CT molecular complexity index is 680. The molecule has 5 nitrogen and oxygen atoms in total. The van der Waals surface area contributed by atoms with Crippen LogP contribution in [-0.4, -0.2) is 24.0 Å². The monoisotopic (exact) mass is 318 g/mol. The van der Waals surface area contributed by atoms with E-state index in [2.05, 4.69) is 10.3 Å². The maximum Gasteiger partial charge on any atom is 0.270 e. The number of ether oxygens (including phenoxy) is 2. The van der Waals surface area contributed by atoms with Crippen LogP contribution in [0.4, 0.5) is 0 Å². The number of thiazole rings is 1. The molecule has 0 saturated heterocycles. The minimum Gasteiger partial charge on any atom is -0.493 e. The Morgan fingerprint density at radius 2 is 2.23 bits per heavy atom. The zero-order valence-electron chi connectivity index (χ0n) is 12.6. The Hall–Kier alpha value is -2.08. The smallest absolute Gasteiger partial charge is 0.270 e. The molecule has 1 N–H and O–H groups in total. The molecule has 22 heavy (non-hydrogen) atoms.